The lowest BCUT2D eigenvalue weighted by Crippen LogP contribution is -2.22. The molecule has 0 amide bonds. The van der Waals surface area contributed by atoms with Gasteiger partial charge in [0.25, 0.3) is 0 Å². The Morgan fingerprint density at radius 1 is 1.13 bits per heavy atom. The molecule has 3 rings (SSSR count). The molecule has 7 nitrogen and oxygen atoms in total. The van der Waals surface area contributed by atoms with Crippen molar-refractivity contribution in [1.29, 1.82) is 0 Å². The third kappa shape index (κ3) is 5.99. The Hall–Kier alpha value is -2.03. The third-order valence-electron chi connectivity index (χ3n) is 5.14. The summed E-state index contributed by atoms with van der Waals surface area (Å²) >= 11 is 0. The van der Waals surface area contributed by atoms with Crippen molar-refractivity contribution in [2.45, 2.75) is 71.8 Å². The van der Waals surface area contributed by atoms with Crippen molar-refractivity contribution in [3.63, 3.8) is 0 Å². The lowest BCUT2D eigenvalue weighted by atomic mass is 10.2. The van der Waals surface area contributed by atoms with E-state index in [2.05, 4.69) is 47.7 Å². The van der Waals surface area contributed by atoms with Crippen molar-refractivity contribution in [1.82, 2.24) is 24.3 Å². The van der Waals surface area contributed by atoms with E-state index in [-0.39, 0.29) is 6.23 Å². The monoisotopic (exact) mass is 429 g/mol. The fraction of sp³-hybridized carbons (Fsp3) is 0.591. The lowest BCUT2D eigenvalue weighted by molar-refractivity contribution is 0.00595. The molecule has 3 heterocycles. The van der Waals surface area contributed by atoms with Gasteiger partial charge in [-0.2, -0.15) is 5.10 Å². The Balaban J connectivity index is 1.68. The molecule has 0 N–H and O–H groups in total. The van der Waals surface area contributed by atoms with Crippen molar-refractivity contribution in [3.8, 4) is 11.3 Å². The maximum absolute atomic E-state index is 5.90. The average molecular weight is 430 g/mol. The average Bonchev–Trinajstić information content (AvgIpc) is 3.35. The minimum atomic E-state index is -1.09. The van der Waals surface area contributed by atoms with Crippen LogP contribution in [0.5, 0.6) is 0 Å². The molecule has 0 saturated heterocycles. The van der Waals surface area contributed by atoms with Gasteiger partial charge in [-0.15, -0.1) is 0 Å². The van der Waals surface area contributed by atoms with Crippen molar-refractivity contribution in [2.75, 3.05) is 13.2 Å². The third-order valence-corrected chi connectivity index (χ3v) is 6.84. The summed E-state index contributed by atoms with van der Waals surface area (Å²) in [6.07, 6.45) is 10.8. The fourth-order valence-electron chi connectivity index (χ4n) is 3.22. The van der Waals surface area contributed by atoms with Gasteiger partial charge in [-0.1, -0.05) is 39.4 Å². The van der Waals surface area contributed by atoms with Crippen LogP contribution < -0.4 is 0 Å². The Kier molecular flexibility index (Phi) is 7.79. The number of aromatic nitrogens is 5. The zero-order chi connectivity index (χ0) is 21.6. The second-order valence-corrected chi connectivity index (χ2v) is 14.6. The standard InChI is InChI=1S/C22H35N5O2Si/c1-6-7-8-11-29-18(2)27-15-19(14-25-27)21-20-9-10-26(22(20)24-16-23-21)17-28-12-13-30(3,4)5/h9-10,14-16,18H,6-8,11-13,17H2,1-5H3. The van der Waals surface area contributed by atoms with Gasteiger partial charge in [0.15, 0.2) is 0 Å². The molecule has 0 bridgehead atoms. The highest BCUT2D eigenvalue weighted by molar-refractivity contribution is 6.76. The molecule has 0 aromatic carbocycles. The van der Waals surface area contributed by atoms with Crippen molar-refractivity contribution in [2.24, 2.45) is 0 Å². The van der Waals surface area contributed by atoms with E-state index in [0.717, 1.165) is 48.0 Å². The van der Waals surface area contributed by atoms with Gasteiger partial charge in [0.2, 0.25) is 0 Å². The summed E-state index contributed by atoms with van der Waals surface area (Å²) in [7, 11) is -1.09. The zero-order valence-corrected chi connectivity index (χ0v) is 20.0. The molecule has 3 aromatic heterocycles. The molecule has 0 aliphatic carbocycles. The van der Waals surface area contributed by atoms with Crippen LogP contribution in [0.1, 0.15) is 39.3 Å². The molecule has 8 heteroatoms. The van der Waals surface area contributed by atoms with Gasteiger partial charge in [0.05, 0.1) is 11.9 Å². The Bertz CT molecular complexity index is 931. The van der Waals surface area contributed by atoms with E-state index in [4.69, 9.17) is 9.47 Å². The summed E-state index contributed by atoms with van der Waals surface area (Å²) in [6.45, 7) is 13.3. The van der Waals surface area contributed by atoms with Gasteiger partial charge in [-0.25, -0.2) is 14.6 Å². The zero-order valence-electron chi connectivity index (χ0n) is 19.0. The number of fused-ring (bicyclic) bond motifs is 1. The van der Waals surface area contributed by atoms with E-state index in [9.17, 15) is 0 Å². The van der Waals surface area contributed by atoms with Crippen LogP contribution >= 0.6 is 0 Å². The van der Waals surface area contributed by atoms with E-state index in [1.807, 2.05) is 34.8 Å². The minimum absolute atomic E-state index is 0.0997. The second-order valence-electron chi connectivity index (χ2n) is 8.98. The highest BCUT2D eigenvalue weighted by atomic mass is 28.3. The topological polar surface area (TPSA) is 67.0 Å². The van der Waals surface area contributed by atoms with Crippen LogP contribution in [0.15, 0.2) is 31.0 Å². The predicted molar refractivity (Wildman–Crippen MR) is 123 cm³/mol. The highest BCUT2D eigenvalue weighted by Crippen LogP contribution is 2.26. The first kappa shape index (κ1) is 22.6. The van der Waals surface area contributed by atoms with Gasteiger partial charge in [0, 0.05) is 44.6 Å². The quantitative estimate of drug-likeness (QED) is 0.287. The van der Waals surface area contributed by atoms with Crippen molar-refractivity contribution in [3.05, 3.63) is 31.0 Å². The van der Waals surface area contributed by atoms with Crippen LogP contribution in [-0.2, 0) is 16.2 Å². The van der Waals surface area contributed by atoms with Gasteiger partial charge in [-0.3, -0.25) is 0 Å². The number of hydrogen-bond donors (Lipinski definition) is 0. The largest absolute Gasteiger partial charge is 0.361 e. The molecule has 0 saturated carbocycles. The van der Waals surface area contributed by atoms with Crippen LogP contribution in [0.3, 0.4) is 0 Å². The van der Waals surface area contributed by atoms with Gasteiger partial charge in [0.1, 0.15) is 24.9 Å². The molecule has 3 aromatic rings. The number of ether oxygens (including phenoxy) is 2. The molecule has 30 heavy (non-hydrogen) atoms. The molecule has 0 aliphatic heterocycles. The van der Waals surface area contributed by atoms with Crippen LogP contribution in [-0.4, -0.2) is 45.6 Å². The lowest BCUT2D eigenvalue weighted by Gasteiger charge is -2.15. The number of nitrogens with zero attached hydrogens (tertiary/aromatic N) is 5. The summed E-state index contributed by atoms with van der Waals surface area (Å²) in [5.41, 5.74) is 2.72. The van der Waals surface area contributed by atoms with Gasteiger partial charge >= 0.3 is 0 Å². The summed E-state index contributed by atoms with van der Waals surface area (Å²) in [5, 5.41) is 5.49. The molecule has 164 valence electrons. The normalized spacial score (nSPS) is 13.2. The van der Waals surface area contributed by atoms with E-state index in [1.165, 1.54) is 12.8 Å². The smallest absolute Gasteiger partial charge is 0.147 e. The highest BCUT2D eigenvalue weighted by Gasteiger charge is 2.15. The molecule has 0 spiro atoms. The Labute approximate surface area is 180 Å². The molecular weight excluding hydrogens is 394 g/mol. The summed E-state index contributed by atoms with van der Waals surface area (Å²) < 4.78 is 15.7. The van der Waals surface area contributed by atoms with E-state index in [1.54, 1.807) is 6.33 Å². The Morgan fingerprint density at radius 3 is 2.73 bits per heavy atom. The van der Waals surface area contributed by atoms with Crippen LogP contribution in [0.2, 0.25) is 25.7 Å². The molecule has 0 radical (unpaired) electrons. The first-order valence-electron chi connectivity index (χ1n) is 10.9. The molecule has 0 aliphatic rings. The molecule has 0 fully saturated rings. The van der Waals surface area contributed by atoms with Crippen LogP contribution in [0, 0.1) is 0 Å². The maximum Gasteiger partial charge on any atom is 0.147 e. The molecule has 1 unspecified atom stereocenters. The predicted octanol–water partition coefficient (Wildman–Crippen LogP) is 5.33. The number of unbranched alkanes of at least 4 members (excludes halogenated alkanes) is 2. The summed E-state index contributed by atoms with van der Waals surface area (Å²) in [5.74, 6) is 0. The van der Waals surface area contributed by atoms with E-state index >= 15 is 0 Å². The SMILES string of the molecule is CCCCCOC(C)n1cc(-c2ncnc3c2ccn3COCC[Si](C)(C)C)cn1. The van der Waals surface area contributed by atoms with Crippen molar-refractivity contribution < 1.29 is 9.47 Å². The van der Waals surface area contributed by atoms with Crippen molar-refractivity contribution >= 4 is 19.1 Å². The van der Waals surface area contributed by atoms with Gasteiger partial charge < -0.3 is 14.0 Å². The summed E-state index contributed by atoms with van der Waals surface area (Å²) in [4.78, 5) is 9.01. The minimum Gasteiger partial charge on any atom is -0.361 e. The first-order valence-corrected chi connectivity index (χ1v) is 14.6. The number of rotatable bonds is 12. The van der Waals surface area contributed by atoms with E-state index < -0.39 is 8.07 Å². The Morgan fingerprint density at radius 2 is 1.97 bits per heavy atom. The van der Waals surface area contributed by atoms with Gasteiger partial charge in [-0.05, 0) is 25.5 Å². The first-order chi connectivity index (χ1) is 14.4. The number of hydrogen-bond acceptors (Lipinski definition) is 5. The van der Waals surface area contributed by atoms with E-state index in [0.29, 0.717) is 6.73 Å². The van der Waals surface area contributed by atoms with Crippen LogP contribution in [0.4, 0.5) is 0 Å². The fourth-order valence-corrected chi connectivity index (χ4v) is 3.98. The summed E-state index contributed by atoms with van der Waals surface area (Å²) in [6, 6.07) is 3.21. The maximum atomic E-state index is 5.90. The molecular formula is C22H35N5O2Si. The molecule has 1 atom stereocenters. The second kappa shape index (κ2) is 10.3. The van der Waals surface area contributed by atoms with Crippen LogP contribution in [0.25, 0.3) is 22.3 Å².